The zero-order chi connectivity index (χ0) is 14.6. The highest BCUT2D eigenvalue weighted by molar-refractivity contribution is 5.88. The number of amides is 1. The molecule has 0 N–H and O–H groups in total. The Hall–Kier alpha value is -1.51. The highest BCUT2D eigenvalue weighted by Gasteiger charge is 2.44. The number of carbonyl (C=O) groups excluding carboxylic acids is 1. The van der Waals surface area contributed by atoms with Gasteiger partial charge in [-0.05, 0) is 44.4 Å². The van der Waals surface area contributed by atoms with Gasteiger partial charge in [0.25, 0.3) is 0 Å². The Kier molecular flexibility index (Phi) is 4.69. The molecule has 0 radical (unpaired) electrons. The van der Waals surface area contributed by atoms with Gasteiger partial charge in [0, 0.05) is 13.1 Å². The predicted octanol–water partition coefficient (Wildman–Crippen LogP) is 3.38. The second kappa shape index (κ2) is 6.29. The Bertz CT molecular complexity index is 443. The highest BCUT2D eigenvalue weighted by Crippen LogP contribution is 2.43. The third kappa shape index (κ3) is 2.54. The van der Waals surface area contributed by atoms with Crippen molar-refractivity contribution in [3.05, 3.63) is 29.8 Å². The molecule has 0 atom stereocenters. The van der Waals surface area contributed by atoms with Gasteiger partial charge in [0.2, 0.25) is 5.91 Å². The first-order chi connectivity index (χ1) is 9.67. The molecule has 0 heterocycles. The minimum Gasteiger partial charge on any atom is -0.497 e. The van der Waals surface area contributed by atoms with E-state index in [4.69, 9.17) is 4.74 Å². The van der Waals surface area contributed by atoms with Crippen molar-refractivity contribution in [2.75, 3.05) is 20.2 Å². The van der Waals surface area contributed by atoms with Crippen molar-refractivity contribution >= 4 is 5.91 Å². The molecule has 1 aliphatic rings. The molecule has 2 rings (SSSR count). The van der Waals surface area contributed by atoms with Crippen molar-refractivity contribution in [3.63, 3.8) is 0 Å². The molecule has 1 aromatic carbocycles. The van der Waals surface area contributed by atoms with E-state index in [1.165, 1.54) is 0 Å². The fourth-order valence-electron chi connectivity index (χ4n) is 3.33. The standard InChI is InChI=1S/C17H25NO2/c1-4-18(5-2)16(19)17(12-6-7-13-17)14-8-10-15(20-3)11-9-14/h8-11H,4-7,12-13H2,1-3H3. The van der Waals surface area contributed by atoms with Gasteiger partial charge in [0.05, 0.1) is 12.5 Å². The van der Waals surface area contributed by atoms with E-state index in [1.807, 2.05) is 17.0 Å². The van der Waals surface area contributed by atoms with E-state index >= 15 is 0 Å². The summed E-state index contributed by atoms with van der Waals surface area (Å²) < 4.78 is 5.22. The zero-order valence-corrected chi connectivity index (χ0v) is 12.8. The van der Waals surface area contributed by atoms with E-state index in [1.54, 1.807) is 7.11 Å². The largest absolute Gasteiger partial charge is 0.497 e. The Balaban J connectivity index is 2.35. The minimum atomic E-state index is -0.307. The van der Waals surface area contributed by atoms with Crippen LogP contribution in [-0.4, -0.2) is 31.0 Å². The summed E-state index contributed by atoms with van der Waals surface area (Å²) in [4.78, 5) is 14.9. The molecule has 3 nitrogen and oxygen atoms in total. The molecule has 1 aliphatic carbocycles. The van der Waals surface area contributed by atoms with Crippen LogP contribution < -0.4 is 4.74 Å². The third-order valence-corrected chi connectivity index (χ3v) is 4.56. The Morgan fingerprint density at radius 3 is 2.15 bits per heavy atom. The van der Waals surface area contributed by atoms with Crippen LogP contribution >= 0.6 is 0 Å². The van der Waals surface area contributed by atoms with Crippen molar-refractivity contribution in [3.8, 4) is 5.75 Å². The van der Waals surface area contributed by atoms with Gasteiger partial charge in [0.15, 0.2) is 0 Å². The summed E-state index contributed by atoms with van der Waals surface area (Å²) in [5.41, 5.74) is 0.839. The lowest BCUT2D eigenvalue weighted by molar-refractivity contribution is -0.137. The molecule has 0 aliphatic heterocycles. The summed E-state index contributed by atoms with van der Waals surface area (Å²) in [6.07, 6.45) is 4.21. The van der Waals surface area contributed by atoms with Gasteiger partial charge in [-0.2, -0.15) is 0 Å². The maximum Gasteiger partial charge on any atom is 0.233 e. The van der Waals surface area contributed by atoms with E-state index in [0.717, 1.165) is 50.1 Å². The number of carbonyl (C=O) groups is 1. The number of rotatable bonds is 5. The molecule has 3 heteroatoms. The number of methoxy groups -OCH3 is 1. The van der Waals surface area contributed by atoms with Crippen molar-refractivity contribution in [1.29, 1.82) is 0 Å². The molecular weight excluding hydrogens is 250 g/mol. The molecule has 0 aromatic heterocycles. The van der Waals surface area contributed by atoms with Crippen molar-refractivity contribution < 1.29 is 9.53 Å². The maximum atomic E-state index is 13.0. The summed E-state index contributed by atoms with van der Waals surface area (Å²) in [5, 5.41) is 0. The smallest absolute Gasteiger partial charge is 0.233 e. The van der Waals surface area contributed by atoms with Gasteiger partial charge >= 0.3 is 0 Å². The van der Waals surface area contributed by atoms with Crippen LogP contribution in [0.5, 0.6) is 5.75 Å². The number of ether oxygens (including phenoxy) is 1. The molecule has 1 aromatic rings. The number of nitrogens with zero attached hydrogens (tertiary/aromatic N) is 1. The van der Waals surface area contributed by atoms with E-state index in [-0.39, 0.29) is 5.41 Å². The van der Waals surface area contributed by atoms with Crippen LogP contribution in [0.4, 0.5) is 0 Å². The van der Waals surface area contributed by atoms with Crippen molar-refractivity contribution in [2.24, 2.45) is 0 Å². The summed E-state index contributed by atoms with van der Waals surface area (Å²) in [5.74, 6) is 1.14. The molecule has 1 amide bonds. The lowest BCUT2D eigenvalue weighted by Crippen LogP contribution is -2.45. The second-order valence-electron chi connectivity index (χ2n) is 5.50. The molecule has 0 unspecified atom stereocenters. The van der Waals surface area contributed by atoms with Gasteiger partial charge in [-0.3, -0.25) is 4.79 Å². The molecule has 0 saturated heterocycles. The predicted molar refractivity (Wildman–Crippen MR) is 81.1 cm³/mol. The molecule has 110 valence electrons. The van der Waals surface area contributed by atoms with Gasteiger partial charge in [-0.15, -0.1) is 0 Å². The van der Waals surface area contributed by atoms with Gasteiger partial charge in [0.1, 0.15) is 5.75 Å². The van der Waals surface area contributed by atoms with Crippen LogP contribution in [0.2, 0.25) is 0 Å². The van der Waals surface area contributed by atoms with E-state index in [0.29, 0.717) is 5.91 Å². The fourth-order valence-corrected chi connectivity index (χ4v) is 3.33. The van der Waals surface area contributed by atoms with E-state index in [9.17, 15) is 4.79 Å². The summed E-state index contributed by atoms with van der Waals surface area (Å²) >= 11 is 0. The number of likely N-dealkylation sites (N-methyl/N-ethyl adjacent to an activating group) is 1. The topological polar surface area (TPSA) is 29.5 Å². The van der Waals surface area contributed by atoms with E-state index < -0.39 is 0 Å². The number of hydrogen-bond donors (Lipinski definition) is 0. The summed E-state index contributed by atoms with van der Waals surface area (Å²) in [7, 11) is 1.67. The number of hydrogen-bond acceptors (Lipinski definition) is 2. The average molecular weight is 275 g/mol. The zero-order valence-electron chi connectivity index (χ0n) is 12.8. The second-order valence-corrected chi connectivity index (χ2v) is 5.50. The average Bonchev–Trinajstić information content (AvgIpc) is 2.99. The molecule has 1 fully saturated rings. The minimum absolute atomic E-state index is 0.296. The monoisotopic (exact) mass is 275 g/mol. The maximum absolute atomic E-state index is 13.0. The SMILES string of the molecule is CCN(CC)C(=O)C1(c2ccc(OC)cc2)CCCC1. The van der Waals surface area contributed by atoms with Crippen molar-refractivity contribution in [1.82, 2.24) is 4.90 Å². The van der Waals surface area contributed by atoms with Crippen LogP contribution in [0.15, 0.2) is 24.3 Å². The normalized spacial score (nSPS) is 16.9. The van der Waals surface area contributed by atoms with Crippen LogP contribution in [0.25, 0.3) is 0 Å². The van der Waals surface area contributed by atoms with Gasteiger partial charge < -0.3 is 9.64 Å². The first kappa shape index (κ1) is 14.9. The van der Waals surface area contributed by atoms with E-state index in [2.05, 4.69) is 26.0 Å². The summed E-state index contributed by atoms with van der Waals surface area (Å²) in [6.45, 7) is 5.68. The fraction of sp³-hybridized carbons (Fsp3) is 0.588. The third-order valence-electron chi connectivity index (χ3n) is 4.56. The quantitative estimate of drug-likeness (QED) is 0.824. The first-order valence-electron chi connectivity index (χ1n) is 7.62. The Morgan fingerprint density at radius 1 is 1.15 bits per heavy atom. The van der Waals surface area contributed by atoms with Crippen molar-refractivity contribution in [2.45, 2.75) is 44.9 Å². The van der Waals surface area contributed by atoms with Crippen LogP contribution in [-0.2, 0) is 10.2 Å². The Labute approximate surface area is 121 Å². The molecular formula is C17H25NO2. The molecule has 20 heavy (non-hydrogen) atoms. The van der Waals surface area contributed by atoms with Crippen LogP contribution in [0, 0.1) is 0 Å². The van der Waals surface area contributed by atoms with Gasteiger partial charge in [-0.1, -0.05) is 25.0 Å². The first-order valence-corrected chi connectivity index (χ1v) is 7.62. The molecule has 0 bridgehead atoms. The lowest BCUT2D eigenvalue weighted by atomic mass is 9.77. The molecule has 1 saturated carbocycles. The Morgan fingerprint density at radius 2 is 1.70 bits per heavy atom. The summed E-state index contributed by atoms with van der Waals surface area (Å²) in [6, 6.07) is 8.05. The number of benzene rings is 1. The molecule has 0 spiro atoms. The van der Waals surface area contributed by atoms with Crippen LogP contribution in [0.3, 0.4) is 0 Å². The highest BCUT2D eigenvalue weighted by atomic mass is 16.5. The van der Waals surface area contributed by atoms with Crippen LogP contribution in [0.1, 0.15) is 45.1 Å². The lowest BCUT2D eigenvalue weighted by Gasteiger charge is -2.34. The van der Waals surface area contributed by atoms with Gasteiger partial charge in [-0.25, -0.2) is 0 Å².